The maximum atomic E-state index is 13.9. The van der Waals surface area contributed by atoms with Gasteiger partial charge in [-0.1, -0.05) is 0 Å². The number of hydrogen-bond donors (Lipinski definition) is 0. The van der Waals surface area contributed by atoms with Gasteiger partial charge >= 0.3 is 5.92 Å². The Hall–Kier alpha value is -2.19. The zero-order chi connectivity index (χ0) is 15.0. The maximum absolute atomic E-state index is 13.9. The van der Waals surface area contributed by atoms with E-state index in [9.17, 15) is 27.7 Å². The normalized spacial score (nSPS) is 24.2. The van der Waals surface area contributed by atoms with E-state index in [4.69, 9.17) is 0 Å². The highest BCUT2D eigenvalue weighted by molar-refractivity contribution is 5.52. The van der Waals surface area contributed by atoms with Crippen LogP contribution in [0.15, 0.2) is 23.2 Å². The van der Waals surface area contributed by atoms with Crippen LogP contribution in [-0.2, 0) is 10.3 Å². The molecule has 0 radical (unpaired) electrons. The number of ether oxygens (including phenoxy) is 1. The van der Waals surface area contributed by atoms with Crippen molar-refractivity contribution in [2.75, 3.05) is 13.3 Å². The van der Waals surface area contributed by atoms with E-state index in [0.29, 0.717) is 18.5 Å². The molecule has 1 aliphatic heterocycles. The topological polar surface area (TPSA) is 64.7 Å². The van der Waals surface area contributed by atoms with Gasteiger partial charge in [0.05, 0.1) is 4.92 Å². The summed E-state index contributed by atoms with van der Waals surface area (Å²) in [7, 11) is 0. The molecular formula is C11H8F4N2O3. The Balaban J connectivity index is 2.68. The monoisotopic (exact) mass is 292 g/mol. The Morgan fingerprint density at radius 2 is 2.15 bits per heavy atom. The van der Waals surface area contributed by atoms with Crippen LogP contribution >= 0.6 is 0 Å². The molecule has 0 bridgehead atoms. The average molecular weight is 292 g/mol. The quantitative estimate of drug-likeness (QED) is 0.488. The van der Waals surface area contributed by atoms with Crippen molar-refractivity contribution in [2.45, 2.75) is 11.5 Å². The molecule has 0 spiro atoms. The molecule has 0 saturated carbocycles. The first-order valence-electron chi connectivity index (χ1n) is 5.37. The Morgan fingerprint density at radius 3 is 2.70 bits per heavy atom. The molecule has 0 unspecified atom stereocenters. The van der Waals surface area contributed by atoms with Crippen molar-refractivity contribution in [3.8, 4) is 0 Å². The molecule has 0 fully saturated rings. The first kappa shape index (κ1) is 14.2. The van der Waals surface area contributed by atoms with Gasteiger partial charge in [-0.15, -0.1) is 0 Å². The van der Waals surface area contributed by atoms with Crippen molar-refractivity contribution in [1.29, 1.82) is 0 Å². The second kappa shape index (κ2) is 4.73. The number of benzene rings is 1. The highest BCUT2D eigenvalue weighted by Gasteiger charge is 2.59. The van der Waals surface area contributed by atoms with Gasteiger partial charge in [0.1, 0.15) is 12.5 Å². The van der Waals surface area contributed by atoms with Gasteiger partial charge in [0.15, 0.2) is 18.5 Å². The van der Waals surface area contributed by atoms with Gasteiger partial charge in [-0.2, -0.15) is 8.78 Å². The molecule has 1 aromatic rings. The lowest BCUT2D eigenvalue weighted by Crippen LogP contribution is -2.51. The van der Waals surface area contributed by atoms with Crippen molar-refractivity contribution in [2.24, 2.45) is 4.99 Å². The highest BCUT2D eigenvalue weighted by Crippen LogP contribution is 2.45. The molecule has 108 valence electrons. The van der Waals surface area contributed by atoms with Gasteiger partial charge < -0.3 is 4.74 Å². The Bertz CT molecular complexity index is 579. The summed E-state index contributed by atoms with van der Waals surface area (Å²) in [6, 6.07) is 1.99. The molecule has 9 heteroatoms. The molecule has 20 heavy (non-hydrogen) atoms. The molecule has 1 aromatic carbocycles. The van der Waals surface area contributed by atoms with E-state index in [1.54, 1.807) is 0 Å². The number of rotatable bonds is 3. The molecule has 2 rings (SSSR count). The van der Waals surface area contributed by atoms with Gasteiger partial charge in [-0.25, -0.2) is 13.8 Å². The van der Waals surface area contributed by atoms with Gasteiger partial charge in [0.2, 0.25) is 0 Å². The zero-order valence-corrected chi connectivity index (χ0v) is 9.85. The number of halogens is 4. The second-order valence-corrected chi connectivity index (χ2v) is 4.17. The number of nitro groups is 1. The van der Waals surface area contributed by atoms with E-state index in [-0.39, 0.29) is 0 Å². The van der Waals surface area contributed by atoms with Gasteiger partial charge in [0.25, 0.3) is 5.69 Å². The summed E-state index contributed by atoms with van der Waals surface area (Å²) in [5, 5.41) is 10.6. The highest BCUT2D eigenvalue weighted by atomic mass is 19.3. The van der Waals surface area contributed by atoms with E-state index in [1.807, 2.05) is 0 Å². The number of aliphatic imine (C=N–C) groups is 1. The van der Waals surface area contributed by atoms with E-state index < -0.39 is 46.7 Å². The van der Waals surface area contributed by atoms with Crippen LogP contribution in [0.4, 0.5) is 23.2 Å². The molecular weight excluding hydrogens is 284 g/mol. The van der Waals surface area contributed by atoms with Crippen LogP contribution in [-0.4, -0.2) is 30.5 Å². The summed E-state index contributed by atoms with van der Waals surface area (Å²) in [4.78, 5) is 13.0. The first-order chi connectivity index (χ1) is 9.34. The third-order valence-electron chi connectivity index (χ3n) is 3.02. The standard InChI is InChI=1S/C11H8F4N2O3/c12-4-10(11(14,15)5-20-6-16-10)8-3-7(17(18)19)1-2-9(8)13/h1-3,6H,4-5H2/t10-/m1/s1. The number of non-ortho nitro benzene ring substituents is 1. The van der Waals surface area contributed by atoms with Crippen LogP contribution in [0.25, 0.3) is 0 Å². The van der Waals surface area contributed by atoms with Crippen molar-refractivity contribution < 1.29 is 27.2 Å². The minimum absolute atomic E-state index is 0.561. The van der Waals surface area contributed by atoms with Crippen LogP contribution in [0.2, 0.25) is 0 Å². The van der Waals surface area contributed by atoms with Gasteiger partial charge in [0, 0.05) is 17.7 Å². The number of nitrogens with zero attached hydrogens (tertiary/aromatic N) is 2. The van der Waals surface area contributed by atoms with Crippen LogP contribution < -0.4 is 0 Å². The molecule has 0 amide bonds. The van der Waals surface area contributed by atoms with Gasteiger partial charge in [-0.3, -0.25) is 10.1 Å². The van der Waals surface area contributed by atoms with Crippen molar-refractivity contribution in [3.05, 3.63) is 39.7 Å². The predicted molar refractivity (Wildman–Crippen MR) is 60.1 cm³/mol. The number of nitro benzene ring substituents is 1. The minimum Gasteiger partial charge on any atom is -0.477 e. The lowest BCUT2D eigenvalue weighted by Gasteiger charge is -2.37. The van der Waals surface area contributed by atoms with E-state index in [1.165, 1.54) is 0 Å². The maximum Gasteiger partial charge on any atom is 0.312 e. The van der Waals surface area contributed by atoms with Crippen LogP contribution in [0.1, 0.15) is 5.56 Å². The summed E-state index contributed by atoms with van der Waals surface area (Å²) in [6.07, 6.45) is 0.593. The largest absolute Gasteiger partial charge is 0.477 e. The molecule has 1 atom stereocenters. The van der Waals surface area contributed by atoms with Crippen molar-refractivity contribution in [3.63, 3.8) is 0 Å². The lowest BCUT2D eigenvalue weighted by molar-refractivity contribution is -0.385. The fourth-order valence-electron chi connectivity index (χ4n) is 1.90. The summed E-state index contributed by atoms with van der Waals surface area (Å²) >= 11 is 0. The summed E-state index contributed by atoms with van der Waals surface area (Å²) in [6.45, 7) is -2.92. The summed E-state index contributed by atoms with van der Waals surface area (Å²) < 4.78 is 59.1. The van der Waals surface area contributed by atoms with Crippen molar-refractivity contribution >= 4 is 12.1 Å². The van der Waals surface area contributed by atoms with Crippen LogP contribution in [0.3, 0.4) is 0 Å². The molecule has 1 aliphatic rings. The second-order valence-electron chi connectivity index (χ2n) is 4.17. The fourth-order valence-corrected chi connectivity index (χ4v) is 1.90. The third-order valence-corrected chi connectivity index (χ3v) is 3.02. The zero-order valence-electron chi connectivity index (χ0n) is 9.85. The first-order valence-corrected chi connectivity index (χ1v) is 5.37. The number of alkyl halides is 3. The Kier molecular flexibility index (Phi) is 3.36. The number of hydrogen-bond acceptors (Lipinski definition) is 4. The minimum atomic E-state index is -3.84. The van der Waals surface area contributed by atoms with E-state index in [0.717, 1.165) is 6.07 Å². The molecule has 1 heterocycles. The van der Waals surface area contributed by atoms with Crippen LogP contribution in [0, 0.1) is 15.9 Å². The van der Waals surface area contributed by atoms with E-state index in [2.05, 4.69) is 9.73 Å². The molecule has 0 N–H and O–H groups in total. The third kappa shape index (κ3) is 1.98. The SMILES string of the molecule is O=[N+]([O-])c1ccc(F)c([C@@]2(CF)N=COCC2(F)F)c1. The Labute approximate surface area is 110 Å². The Morgan fingerprint density at radius 1 is 1.45 bits per heavy atom. The summed E-state index contributed by atoms with van der Waals surface area (Å²) in [5.74, 6) is -5.04. The summed E-state index contributed by atoms with van der Waals surface area (Å²) in [5.41, 5.74) is -4.37. The lowest BCUT2D eigenvalue weighted by atomic mass is 9.84. The average Bonchev–Trinajstić information content (AvgIpc) is 2.39. The van der Waals surface area contributed by atoms with Gasteiger partial charge in [-0.05, 0) is 6.07 Å². The fraction of sp³-hybridized carbons (Fsp3) is 0.364. The van der Waals surface area contributed by atoms with E-state index >= 15 is 0 Å². The molecule has 0 saturated heterocycles. The predicted octanol–water partition coefficient (Wildman–Crippen LogP) is 2.59. The molecule has 5 nitrogen and oxygen atoms in total. The molecule has 0 aromatic heterocycles. The van der Waals surface area contributed by atoms with Crippen LogP contribution in [0.5, 0.6) is 0 Å². The smallest absolute Gasteiger partial charge is 0.312 e. The van der Waals surface area contributed by atoms with Crippen molar-refractivity contribution in [1.82, 2.24) is 0 Å². The molecule has 0 aliphatic carbocycles.